The lowest BCUT2D eigenvalue weighted by molar-refractivity contribution is 0.102. The first kappa shape index (κ1) is 18.2. The second-order valence-electron chi connectivity index (χ2n) is 6.11. The molecule has 0 radical (unpaired) electrons. The first-order valence-corrected chi connectivity index (χ1v) is 9.17. The topological polar surface area (TPSA) is 46.9 Å². The maximum Gasteiger partial charge on any atom is 0.260 e. The summed E-state index contributed by atoms with van der Waals surface area (Å²) in [4.78, 5) is 13.0. The van der Waals surface area contributed by atoms with Crippen LogP contribution in [-0.4, -0.2) is 15.7 Å². The van der Waals surface area contributed by atoms with Crippen molar-refractivity contribution in [3.05, 3.63) is 76.1 Å². The average molecular weight is 368 g/mol. The number of para-hydroxylation sites is 2. The van der Waals surface area contributed by atoms with Gasteiger partial charge in [-0.2, -0.15) is 5.10 Å². The Kier molecular flexibility index (Phi) is 5.43. The van der Waals surface area contributed by atoms with Crippen molar-refractivity contribution in [3.8, 4) is 5.69 Å². The fourth-order valence-electron chi connectivity index (χ4n) is 3.08. The molecule has 0 atom stereocenters. The predicted octanol–water partition coefficient (Wildman–Crippen LogP) is 5.21. The summed E-state index contributed by atoms with van der Waals surface area (Å²) in [6.45, 7) is 5.96. The lowest BCUT2D eigenvalue weighted by Crippen LogP contribution is -2.16. The van der Waals surface area contributed by atoms with Crippen molar-refractivity contribution in [2.24, 2.45) is 0 Å². The highest BCUT2D eigenvalue weighted by Gasteiger charge is 2.22. The Hall–Kier alpha value is -2.59. The number of rotatable bonds is 5. The quantitative estimate of drug-likeness (QED) is 0.672. The summed E-state index contributed by atoms with van der Waals surface area (Å²) in [6, 6.07) is 15.7. The van der Waals surface area contributed by atoms with Gasteiger partial charge in [-0.05, 0) is 43.0 Å². The predicted molar refractivity (Wildman–Crippen MR) is 106 cm³/mol. The van der Waals surface area contributed by atoms with Gasteiger partial charge in [0.15, 0.2) is 0 Å². The molecule has 1 N–H and O–H groups in total. The monoisotopic (exact) mass is 367 g/mol. The van der Waals surface area contributed by atoms with E-state index in [0.29, 0.717) is 16.4 Å². The molecule has 0 aliphatic heterocycles. The summed E-state index contributed by atoms with van der Waals surface area (Å²) in [5, 5.41) is 7.84. The molecular formula is C21H22ClN3O. The molecule has 0 saturated carbocycles. The number of benzene rings is 2. The highest BCUT2D eigenvalue weighted by atomic mass is 35.5. The number of anilines is 1. The van der Waals surface area contributed by atoms with E-state index in [9.17, 15) is 4.79 Å². The molecule has 0 unspecified atom stereocenters. The number of nitrogens with zero attached hydrogens (tertiary/aromatic N) is 2. The molecule has 2 aromatic carbocycles. The Morgan fingerprint density at radius 2 is 1.65 bits per heavy atom. The van der Waals surface area contributed by atoms with Crippen LogP contribution >= 0.6 is 11.6 Å². The van der Waals surface area contributed by atoms with Crippen molar-refractivity contribution in [1.29, 1.82) is 0 Å². The largest absolute Gasteiger partial charge is 0.321 e. The normalized spacial score (nSPS) is 10.8. The molecule has 4 nitrogen and oxygen atoms in total. The van der Waals surface area contributed by atoms with E-state index in [4.69, 9.17) is 11.6 Å². The van der Waals surface area contributed by atoms with Crippen LogP contribution in [0.1, 0.15) is 41.0 Å². The molecule has 0 aliphatic rings. The van der Waals surface area contributed by atoms with Gasteiger partial charge >= 0.3 is 0 Å². The molecule has 0 aliphatic carbocycles. The van der Waals surface area contributed by atoms with Crippen molar-refractivity contribution in [2.75, 3.05) is 5.32 Å². The number of aromatic nitrogens is 2. The SMILES string of the molecule is CCc1cccc(CC)c1NC(=O)c1c(C)nn(-c2ccccc2)c1Cl. The summed E-state index contributed by atoms with van der Waals surface area (Å²) >= 11 is 6.51. The van der Waals surface area contributed by atoms with Crippen molar-refractivity contribution in [1.82, 2.24) is 9.78 Å². The highest BCUT2D eigenvalue weighted by molar-refractivity contribution is 6.34. The second kappa shape index (κ2) is 7.75. The standard InChI is InChI=1S/C21H22ClN3O/c1-4-15-10-9-11-16(5-2)19(15)23-21(26)18-14(3)24-25(20(18)22)17-12-7-6-8-13-17/h6-13H,4-5H2,1-3H3,(H,23,26). The van der Waals surface area contributed by atoms with E-state index in [2.05, 4.69) is 24.3 Å². The molecule has 5 heteroatoms. The summed E-state index contributed by atoms with van der Waals surface area (Å²) < 4.78 is 1.60. The number of nitrogens with one attached hydrogen (secondary N) is 1. The third-order valence-corrected chi connectivity index (χ3v) is 4.82. The summed E-state index contributed by atoms with van der Waals surface area (Å²) in [5.74, 6) is -0.231. The minimum Gasteiger partial charge on any atom is -0.321 e. The maximum atomic E-state index is 13.0. The van der Waals surface area contributed by atoms with Crippen molar-refractivity contribution < 1.29 is 4.79 Å². The smallest absolute Gasteiger partial charge is 0.260 e. The number of carbonyl (C=O) groups is 1. The first-order valence-electron chi connectivity index (χ1n) is 8.79. The average Bonchev–Trinajstić information content (AvgIpc) is 2.96. The van der Waals surface area contributed by atoms with Crippen LogP contribution in [0, 0.1) is 6.92 Å². The van der Waals surface area contributed by atoms with E-state index in [-0.39, 0.29) is 5.91 Å². The molecule has 3 rings (SSSR count). The molecule has 0 saturated heterocycles. The Morgan fingerprint density at radius 1 is 1.04 bits per heavy atom. The molecule has 1 heterocycles. The van der Waals surface area contributed by atoms with Crippen LogP contribution in [0.5, 0.6) is 0 Å². The summed E-state index contributed by atoms with van der Waals surface area (Å²) in [6.07, 6.45) is 1.69. The van der Waals surface area contributed by atoms with E-state index in [1.165, 1.54) is 0 Å². The van der Waals surface area contributed by atoms with Gasteiger partial charge in [0.25, 0.3) is 5.91 Å². The summed E-state index contributed by atoms with van der Waals surface area (Å²) in [7, 11) is 0. The molecular weight excluding hydrogens is 346 g/mol. The van der Waals surface area contributed by atoms with Gasteiger partial charge in [-0.1, -0.05) is 61.8 Å². The lowest BCUT2D eigenvalue weighted by Gasteiger charge is -2.14. The van der Waals surface area contributed by atoms with Crippen molar-refractivity contribution in [2.45, 2.75) is 33.6 Å². The number of carbonyl (C=O) groups excluding carboxylic acids is 1. The van der Waals surface area contributed by atoms with Gasteiger partial charge in [0.2, 0.25) is 0 Å². The van der Waals surface area contributed by atoms with E-state index in [0.717, 1.165) is 35.3 Å². The van der Waals surface area contributed by atoms with Crippen LogP contribution in [0.15, 0.2) is 48.5 Å². The van der Waals surface area contributed by atoms with E-state index < -0.39 is 0 Å². The van der Waals surface area contributed by atoms with Gasteiger partial charge in [0.1, 0.15) is 10.7 Å². The Morgan fingerprint density at radius 3 is 2.23 bits per heavy atom. The molecule has 0 bridgehead atoms. The Balaban J connectivity index is 1.99. The van der Waals surface area contributed by atoms with Gasteiger partial charge in [-0.3, -0.25) is 4.79 Å². The van der Waals surface area contributed by atoms with Crippen LogP contribution in [0.2, 0.25) is 5.15 Å². The van der Waals surface area contributed by atoms with Crippen LogP contribution in [0.25, 0.3) is 5.69 Å². The number of hydrogen-bond acceptors (Lipinski definition) is 2. The Bertz CT molecular complexity index is 910. The zero-order valence-electron chi connectivity index (χ0n) is 15.2. The first-order chi connectivity index (χ1) is 12.6. The van der Waals surface area contributed by atoms with Crippen molar-refractivity contribution in [3.63, 3.8) is 0 Å². The van der Waals surface area contributed by atoms with Crippen LogP contribution in [0.3, 0.4) is 0 Å². The van der Waals surface area contributed by atoms with E-state index in [1.807, 2.05) is 48.5 Å². The molecule has 1 amide bonds. The van der Waals surface area contributed by atoms with Crippen LogP contribution in [-0.2, 0) is 12.8 Å². The number of amides is 1. The fourth-order valence-corrected chi connectivity index (χ4v) is 3.43. The zero-order valence-corrected chi connectivity index (χ0v) is 16.0. The lowest BCUT2D eigenvalue weighted by atomic mass is 10.0. The molecule has 26 heavy (non-hydrogen) atoms. The van der Waals surface area contributed by atoms with Gasteiger partial charge in [0, 0.05) is 5.69 Å². The third kappa shape index (κ3) is 3.37. The minimum absolute atomic E-state index is 0.231. The highest BCUT2D eigenvalue weighted by Crippen LogP contribution is 2.27. The van der Waals surface area contributed by atoms with E-state index >= 15 is 0 Å². The number of hydrogen-bond donors (Lipinski definition) is 1. The molecule has 3 aromatic rings. The van der Waals surface area contributed by atoms with Gasteiger partial charge < -0.3 is 5.32 Å². The zero-order chi connectivity index (χ0) is 18.7. The third-order valence-electron chi connectivity index (χ3n) is 4.47. The summed E-state index contributed by atoms with van der Waals surface area (Å²) in [5.41, 5.74) is 4.93. The van der Waals surface area contributed by atoms with Crippen LogP contribution < -0.4 is 5.32 Å². The molecule has 134 valence electrons. The number of aryl methyl sites for hydroxylation is 3. The van der Waals surface area contributed by atoms with Crippen LogP contribution in [0.4, 0.5) is 5.69 Å². The molecule has 1 aromatic heterocycles. The minimum atomic E-state index is -0.231. The fraction of sp³-hybridized carbons (Fsp3) is 0.238. The van der Waals surface area contributed by atoms with Gasteiger partial charge in [-0.25, -0.2) is 4.68 Å². The molecule has 0 fully saturated rings. The maximum absolute atomic E-state index is 13.0. The van der Waals surface area contributed by atoms with Gasteiger partial charge in [0.05, 0.1) is 11.4 Å². The molecule has 0 spiro atoms. The Labute approximate surface area is 158 Å². The van der Waals surface area contributed by atoms with Crippen molar-refractivity contribution >= 4 is 23.2 Å². The van der Waals surface area contributed by atoms with Gasteiger partial charge in [-0.15, -0.1) is 0 Å². The second-order valence-corrected chi connectivity index (χ2v) is 6.47. The number of halogens is 1. The van der Waals surface area contributed by atoms with E-state index in [1.54, 1.807) is 11.6 Å².